The minimum Gasteiger partial charge on any atom is -0.378 e. The maximum Gasteiger partial charge on any atom is 0.185 e. The van der Waals surface area contributed by atoms with Crippen LogP contribution in [0, 0.1) is 23.3 Å². The summed E-state index contributed by atoms with van der Waals surface area (Å²) in [5.74, 6) is -5.77. The van der Waals surface area contributed by atoms with E-state index >= 15 is 0 Å². The van der Waals surface area contributed by atoms with Crippen LogP contribution in [0.25, 0.3) is 0 Å². The Kier molecular flexibility index (Phi) is 4.03. The zero-order valence-electron chi connectivity index (χ0n) is 9.31. The molecule has 1 aromatic carbocycles. The van der Waals surface area contributed by atoms with Crippen molar-refractivity contribution in [3.63, 3.8) is 0 Å². The van der Waals surface area contributed by atoms with Gasteiger partial charge in [0.25, 0.3) is 0 Å². The highest BCUT2D eigenvalue weighted by atomic mass is 19.2. The van der Waals surface area contributed by atoms with E-state index in [1.54, 1.807) is 0 Å². The smallest absolute Gasteiger partial charge is 0.185 e. The Bertz CT molecular complexity index is 409. The molecule has 1 fully saturated rings. The molecule has 100 valence electrons. The fraction of sp³-hybridized carbons (Fsp3) is 0.455. The summed E-state index contributed by atoms with van der Waals surface area (Å²) in [7, 11) is 0. The first kappa shape index (κ1) is 13.1. The topological polar surface area (TPSA) is 30.5 Å². The van der Waals surface area contributed by atoms with Gasteiger partial charge < -0.3 is 14.8 Å². The predicted molar refractivity (Wildman–Crippen MR) is 55.1 cm³/mol. The summed E-state index contributed by atoms with van der Waals surface area (Å²) in [6, 6.07) is 0.167. The van der Waals surface area contributed by atoms with Crippen LogP contribution in [0.1, 0.15) is 6.42 Å². The van der Waals surface area contributed by atoms with Crippen LogP contribution in [0.2, 0.25) is 0 Å². The lowest BCUT2D eigenvalue weighted by molar-refractivity contribution is -0.133. The molecule has 1 aromatic rings. The number of hydrogen-bond acceptors (Lipinski definition) is 3. The van der Waals surface area contributed by atoms with Crippen LogP contribution < -0.4 is 5.32 Å². The number of rotatable bonds is 3. The van der Waals surface area contributed by atoms with Gasteiger partial charge in [0.1, 0.15) is 12.5 Å². The maximum atomic E-state index is 13.3. The Morgan fingerprint density at radius 3 is 2.39 bits per heavy atom. The molecule has 0 radical (unpaired) electrons. The lowest BCUT2D eigenvalue weighted by Crippen LogP contribution is -2.30. The molecule has 1 atom stereocenters. The Hall–Kier alpha value is -1.34. The highest BCUT2D eigenvalue weighted by molar-refractivity contribution is 5.47. The van der Waals surface area contributed by atoms with Crippen LogP contribution >= 0.6 is 0 Å². The minimum absolute atomic E-state index is 0.0418. The lowest BCUT2D eigenvalue weighted by atomic mass is 10.2. The van der Waals surface area contributed by atoms with E-state index in [9.17, 15) is 17.6 Å². The fourth-order valence-corrected chi connectivity index (χ4v) is 1.61. The van der Waals surface area contributed by atoms with E-state index in [-0.39, 0.29) is 25.5 Å². The minimum atomic E-state index is -1.44. The van der Waals surface area contributed by atoms with Gasteiger partial charge in [0, 0.05) is 12.6 Å². The van der Waals surface area contributed by atoms with Crippen LogP contribution in [0.3, 0.4) is 0 Å². The highest BCUT2D eigenvalue weighted by Crippen LogP contribution is 2.24. The van der Waals surface area contributed by atoms with E-state index in [1.807, 2.05) is 0 Å². The Morgan fingerprint density at radius 1 is 1.17 bits per heavy atom. The van der Waals surface area contributed by atoms with Crippen molar-refractivity contribution < 1.29 is 27.0 Å². The van der Waals surface area contributed by atoms with Crippen molar-refractivity contribution in [3.05, 3.63) is 29.3 Å². The van der Waals surface area contributed by atoms with Gasteiger partial charge in [0.2, 0.25) is 0 Å². The number of hydrogen-bond donors (Lipinski definition) is 1. The van der Waals surface area contributed by atoms with Crippen molar-refractivity contribution in [1.82, 2.24) is 0 Å². The van der Waals surface area contributed by atoms with Gasteiger partial charge in [-0.2, -0.15) is 0 Å². The van der Waals surface area contributed by atoms with E-state index in [0.717, 1.165) is 0 Å². The summed E-state index contributed by atoms with van der Waals surface area (Å²) in [5.41, 5.74) is -0.817. The maximum absolute atomic E-state index is 13.3. The van der Waals surface area contributed by atoms with Crippen molar-refractivity contribution >= 4 is 5.69 Å². The van der Waals surface area contributed by atoms with E-state index in [4.69, 9.17) is 9.47 Å². The van der Waals surface area contributed by atoms with Gasteiger partial charge in [-0.15, -0.1) is 0 Å². The van der Waals surface area contributed by atoms with Crippen molar-refractivity contribution in [2.45, 2.75) is 12.5 Å². The van der Waals surface area contributed by atoms with Crippen LogP contribution in [-0.4, -0.2) is 26.0 Å². The molecule has 1 heterocycles. The van der Waals surface area contributed by atoms with Gasteiger partial charge >= 0.3 is 0 Å². The molecule has 0 spiro atoms. The number of benzene rings is 1. The lowest BCUT2D eigenvalue weighted by Gasteiger charge is -2.23. The molecule has 1 aliphatic rings. The zero-order chi connectivity index (χ0) is 13.1. The highest BCUT2D eigenvalue weighted by Gasteiger charge is 2.21. The van der Waals surface area contributed by atoms with E-state index in [1.165, 1.54) is 0 Å². The summed E-state index contributed by atoms with van der Waals surface area (Å²) in [4.78, 5) is 0. The second-order valence-electron chi connectivity index (χ2n) is 3.83. The monoisotopic (exact) mass is 265 g/mol. The Balaban J connectivity index is 2.08. The molecule has 0 aliphatic carbocycles. The Labute approximate surface area is 101 Å². The van der Waals surface area contributed by atoms with Crippen molar-refractivity contribution in [2.75, 3.05) is 25.3 Å². The molecule has 18 heavy (non-hydrogen) atoms. The van der Waals surface area contributed by atoms with E-state index in [2.05, 4.69) is 5.32 Å². The number of ether oxygens (including phenoxy) is 2. The third-order valence-corrected chi connectivity index (χ3v) is 2.59. The van der Waals surface area contributed by atoms with Gasteiger partial charge in [-0.25, -0.2) is 17.6 Å². The van der Waals surface area contributed by atoms with Gasteiger partial charge in [-0.1, -0.05) is 0 Å². The van der Waals surface area contributed by atoms with Crippen molar-refractivity contribution in [3.8, 4) is 0 Å². The molecule has 0 aromatic heterocycles. The van der Waals surface area contributed by atoms with Crippen LogP contribution in [-0.2, 0) is 9.47 Å². The fourth-order valence-electron chi connectivity index (χ4n) is 1.61. The average molecular weight is 265 g/mol. The normalized spacial score (nSPS) is 19.9. The summed E-state index contributed by atoms with van der Waals surface area (Å²) in [6.45, 7) is 0.601. The van der Waals surface area contributed by atoms with E-state index in [0.29, 0.717) is 13.0 Å². The molecule has 2 rings (SSSR count). The number of nitrogens with one attached hydrogen (secondary N) is 1. The molecule has 1 N–H and O–H groups in total. The third kappa shape index (κ3) is 2.73. The second kappa shape index (κ2) is 5.53. The molecule has 1 saturated heterocycles. The molecule has 1 aliphatic heterocycles. The zero-order valence-corrected chi connectivity index (χ0v) is 9.31. The van der Waals surface area contributed by atoms with Gasteiger partial charge in [0.15, 0.2) is 23.3 Å². The molecule has 0 amide bonds. The molecule has 0 bridgehead atoms. The summed E-state index contributed by atoms with van der Waals surface area (Å²) >= 11 is 0. The molecule has 1 unspecified atom stereocenters. The van der Waals surface area contributed by atoms with Crippen LogP contribution in [0.5, 0.6) is 0 Å². The van der Waals surface area contributed by atoms with Crippen molar-refractivity contribution in [2.24, 2.45) is 0 Å². The SMILES string of the molecule is Fc1cc(F)c(F)c(NCC2CCOCO2)c1F. The first-order chi connectivity index (χ1) is 8.59. The third-order valence-electron chi connectivity index (χ3n) is 2.59. The molecular formula is C11H11F4NO2. The summed E-state index contributed by atoms with van der Waals surface area (Å²) < 4.78 is 62.4. The van der Waals surface area contributed by atoms with Gasteiger partial charge in [-0.05, 0) is 6.42 Å². The average Bonchev–Trinajstić information content (AvgIpc) is 2.38. The van der Waals surface area contributed by atoms with E-state index < -0.39 is 29.0 Å². The molecule has 3 nitrogen and oxygen atoms in total. The number of anilines is 1. The first-order valence-electron chi connectivity index (χ1n) is 5.36. The Morgan fingerprint density at radius 2 is 1.83 bits per heavy atom. The van der Waals surface area contributed by atoms with Gasteiger partial charge in [-0.3, -0.25) is 0 Å². The summed E-state index contributed by atoms with van der Waals surface area (Å²) in [5, 5.41) is 2.32. The van der Waals surface area contributed by atoms with Crippen molar-refractivity contribution in [1.29, 1.82) is 0 Å². The first-order valence-corrected chi connectivity index (χ1v) is 5.36. The largest absolute Gasteiger partial charge is 0.378 e. The van der Waals surface area contributed by atoms with Gasteiger partial charge in [0.05, 0.1) is 12.7 Å². The quantitative estimate of drug-likeness (QED) is 0.672. The molecular weight excluding hydrogens is 254 g/mol. The standard InChI is InChI=1S/C11H11F4NO2/c12-7-3-8(13)10(15)11(9(7)14)16-4-6-1-2-17-5-18-6/h3,6,16H,1-2,4-5H2. The van der Waals surface area contributed by atoms with Crippen LogP contribution in [0.4, 0.5) is 23.2 Å². The molecule has 7 heteroatoms. The van der Waals surface area contributed by atoms with Crippen LogP contribution in [0.15, 0.2) is 6.07 Å². The number of halogens is 4. The molecule has 0 saturated carbocycles. The summed E-state index contributed by atoms with van der Waals surface area (Å²) in [6.07, 6.45) is 0.220. The second-order valence-corrected chi connectivity index (χ2v) is 3.83. The predicted octanol–water partition coefficient (Wildman–Crippen LogP) is 2.42.